The molecule has 0 saturated heterocycles. The second kappa shape index (κ2) is 10.5. The lowest BCUT2D eigenvalue weighted by molar-refractivity contribution is -0.886. The number of unbranched alkanes of at least 4 members (excludes halogenated alkanes) is 2. The fourth-order valence-corrected chi connectivity index (χ4v) is 3.66. The molecule has 1 aromatic carbocycles. The van der Waals surface area contributed by atoms with E-state index in [1.807, 2.05) is 36.4 Å². The molecule has 0 aliphatic heterocycles. The van der Waals surface area contributed by atoms with Gasteiger partial charge in [0.25, 0.3) is 0 Å². The highest BCUT2D eigenvalue weighted by Crippen LogP contribution is 2.33. The molecule has 3 heterocycles. The lowest BCUT2D eigenvalue weighted by atomic mass is 10.1. The predicted molar refractivity (Wildman–Crippen MR) is 128 cm³/mol. The Labute approximate surface area is 197 Å². The summed E-state index contributed by atoms with van der Waals surface area (Å²) in [7, 11) is 1.62. The third kappa shape index (κ3) is 4.69. The van der Waals surface area contributed by atoms with Gasteiger partial charge in [-0.3, -0.25) is 0 Å². The fourth-order valence-electron chi connectivity index (χ4n) is 3.66. The van der Waals surface area contributed by atoms with Crippen LogP contribution in [0.3, 0.4) is 0 Å². The molecule has 8 heteroatoms. The minimum Gasteiger partial charge on any atom is -0.493 e. The SMILES string of the molecule is CCCCCOc1c(/C=C/c2nc3ccc[n+](O)c3n2-c2ccc(C#N)cn2)cccc1OC. The zero-order valence-electron chi connectivity index (χ0n) is 19.2. The summed E-state index contributed by atoms with van der Waals surface area (Å²) in [5.41, 5.74) is 2.35. The largest absolute Gasteiger partial charge is 0.493 e. The number of benzene rings is 1. The van der Waals surface area contributed by atoms with Crippen LogP contribution in [0.4, 0.5) is 0 Å². The molecule has 0 bridgehead atoms. The van der Waals surface area contributed by atoms with Gasteiger partial charge in [-0.25, -0.2) is 9.97 Å². The summed E-state index contributed by atoms with van der Waals surface area (Å²) in [6.45, 7) is 2.76. The Balaban J connectivity index is 1.77. The van der Waals surface area contributed by atoms with Crippen molar-refractivity contribution in [1.29, 1.82) is 5.26 Å². The van der Waals surface area contributed by atoms with Gasteiger partial charge in [-0.2, -0.15) is 9.83 Å². The van der Waals surface area contributed by atoms with E-state index in [2.05, 4.69) is 23.0 Å². The Morgan fingerprint density at radius 3 is 2.76 bits per heavy atom. The summed E-state index contributed by atoms with van der Waals surface area (Å²) in [5, 5.41) is 19.6. The number of hydrogen-bond donors (Lipinski definition) is 1. The second-order valence-electron chi connectivity index (χ2n) is 7.65. The molecule has 0 amide bonds. The minimum atomic E-state index is 0.448. The van der Waals surface area contributed by atoms with E-state index in [0.717, 1.165) is 29.6 Å². The summed E-state index contributed by atoms with van der Waals surface area (Å²) < 4.78 is 14.3. The minimum absolute atomic E-state index is 0.448. The van der Waals surface area contributed by atoms with Crippen LogP contribution in [0, 0.1) is 11.3 Å². The Morgan fingerprint density at radius 1 is 1.15 bits per heavy atom. The number of rotatable bonds is 9. The third-order valence-corrected chi connectivity index (χ3v) is 5.34. The standard InChI is InChI=1S/C26H26N5O3/c1-3-4-5-16-34-25-20(8-6-10-22(25)33-2)12-14-24-29-21-9-7-15-30(32)26(21)31(24)23-13-11-19(17-27)18-28-23/h6-15,18,32H,3-5,16H2,1-2H3/q+1/b14-12+. The monoisotopic (exact) mass is 456 g/mol. The Morgan fingerprint density at radius 2 is 2.03 bits per heavy atom. The lowest BCUT2D eigenvalue weighted by Gasteiger charge is -2.13. The zero-order chi connectivity index (χ0) is 23.9. The van der Waals surface area contributed by atoms with Crippen LogP contribution in [0.15, 0.2) is 54.9 Å². The van der Waals surface area contributed by atoms with Crippen molar-refractivity contribution in [3.8, 4) is 23.4 Å². The number of ether oxygens (including phenoxy) is 2. The first-order valence-electron chi connectivity index (χ1n) is 11.1. The highest BCUT2D eigenvalue weighted by molar-refractivity contribution is 5.78. The molecule has 0 spiro atoms. The average molecular weight is 457 g/mol. The highest BCUT2D eigenvalue weighted by Gasteiger charge is 2.23. The zero-order valence-corrected chi connectivity index (χ0v) is 19.2. The van der Waals surface area contributed by atoms with E-state index >= 15 is 0 Å². The summed E-state index contributed by atoms with van der Waals surface area (Å²) in [6, 6.07) is 14.7. The molecule has 0 atom stereocenters. The Kier molecular flexibility index (Phi) is 7.04. The topological polar surface area (TPSA) is 97.1 Å². The number of para-hydroxylation sites is 1. The van der Waals surface area contributed by atoms with Crippen molar-refractivity contribution in [2.24, 2.45) is 0 Å². The van der Waals surface area contributed by atoms with Crippen molar-refractivity contribution in [3.05, 3.63) is 71.8 Å². The lowest BCUT2D eigenvalue weighted by Crippen LogP contribution is -2.32. The van der Waals surface area contributed by atoms with Crippen molar-refractivity contribution < 1.29 is 19.4 Å². The molecular formula is C26H26N5O3+. The van der Waals surface area contributed by atoms with Crippen LogP contribution in [0.25, 0.3) is 29.1 Å². The number of nitriles is 1. The molecule has 0 fully saturated rings. The predicted octanol–water partition coefficient (Wildman–Crippen LogP) is 4.56. The number of methoxy groups -OCH3 is 1. The first-order valence-corrected chi connectivity index (χ1v) is 11.1. The highest BCUT2D eigenvalue weighted by atomic mass is 16.5. The van der Waals surface area contributed by atoms with Crippen LogP contribution in [-0.4, -0.2) is 33.5 Å². The fraction of sp³-hybridized carbons (Fsp3) is 0.231. The normalized spacial score (nSPS) is 11.1. The van der Waals surface area contributed by atoms with E-state index in [1.54, 1.807) is 29.9 Å². The smallest absolute Gasteiger partial charge is 0.354 e. The van der Waals surface area contributed by atoms with Gasteiger partial charge in [-0.15, -0.1) is 0 Å². The van der Waals surface area contributed by atoms with Crippen LogP contribution >= 0.6 is 0 Å². The Bertz CT molecular complexity index is 1350. The maximum Gasteiger partial charge on any atom is 0.354 e. The maximum atomic E-state index is 10.5. The summed E-state index contributed by atoms with van der Waals surface area (Å²) in [5.74, 6) is 2.42. The van der Waals surface area contributed by atoms with Gasteiger partial charge in [0, 0.05) is 23.9 Å². The molecule has 0 unspecified atom stereocenters. The van der Waals surface area contributed by atoms with Crippen LogP contribution in [0.2, 0.25) is 0 Å². The van der Waals surface area contributed by atoms with Crippen LogP contribution in [-0.2, 0) is 0 Å². The van der Waals surface area contributed by atoms with Gasteiger partial charge in [-0.05, 0) is 41.5 Å². The van der Waals surface area contributed by atoms with Crippen molar-refractivity contribution in [3.63, 3.8) is 0 Å². The van der Waals surface area contributed by atoms with Crippen molar-refractivity contribution >= 4 is 23.3 Å². The quantitative estimate of drug-likeness (QED) is 0.225. The van der Waals surface area contributed by atoms with Gasteiger partial charge < -0.3 is 14.7 Å². The van der Waals surface area contributed by atoms with Crippen LogP contribution in [0.1, 0.15) is 43.1 Å². The van der Waals surface area contributed by atoms with Crippen molar-refractivity contribution in [2.45, 2.75) is 26.2 Å². The molecule has 1 N–H and O–H groups in total. The van der Waals surface area contributed by atoms with Gasteiger partial charge in [-0.1, -0.05) is 31.9 Å². The van der Waals surface area contributed by atoms with Crippen LogP contribution < -0.4 is 14.2 Å². The first-order chi connectivity index (χ1) is 16.7. The van der Waals surface area contributed by atoms with Gasteiger partial charge >= 0.3 is 5.65 Å². The second-order valence-corrected chi connectivity index (χ2v) is 7.65. The molecule has 3 aromatic heterocycles. The molecule has 0 saturated carbocycles. The third-order valence-electron chi connectivity index (χ3n) is 5.34. The molecule has 4 aromatic rings. The Hall–Kier alpha value is -4.38. The molecule has 8 nitrogen and oxygen atoms in total. The molecule has 0 aliphatic rings. The van der Waals surface area contributed by atoms with E-state index < -0.39 is 0 Å². The average Bonchev–Trinajstić information content (AvgIpc) is 3.25. The number of hydrogen-bond acceptors (Lipinski definition) is 6. The summed E-state index contributed by atoms with van der Waals surface area (Å²) in [6.07, 6.45) is 9.95. The molecular weight excluding hydrogens is 430 g/mol. The number of imidazole rings is 1. The van der Waals surface area contributed by atoms with E-state index in [9.17, 15) is 5.21 Å². The van der Waals surface area contributed by atoms with E-state index in [0.29, 0.717) is 46.5 Å². The van der Waals surface area contributed by atoms with Gasteiger partial charge in [0.15, 0.2) is 17.0 Å². The summed E-state index contributed by atoms with van der Waals surface area (Å²) in [4.78, 5) is 9.08. The van der Waals surface area contributed by atoms with Gasteiger partial charge in [0.2, 0.25) is 11.6 Å². The van der Waals surface area contributed by atoms with Crippen molar-refractivity contribution in [2.75, 3.05) is 13.7 Å². The number of aromatic nitrogens is 4. The first kappa shape index (κ1) is 22.8. The maximum absolute atomic E-state index is 10.5. The van der Waals surface area contributed by atoms with Crippen LogP contribution in [0.5, 0.6) is 11.5 Å². The number of pyridine rings is 2. The van der Waals surface area contributed by atoms with E-state index in [1.165, 1.54) is 12.4 Å². The molecule has 172 valence electrons. The molecule has 0 radical (unpaired) electrons. The van der Waals surface area contributed by atoms with E-state index in [4.69, 9.17) is 14.7 Å². The molecule has 0 aliphatic carbocycles. The summed E-state index contributed by atoms with van der Waals surface area (Å²) >= 11 is 0. The molecule has 4 rings (SSSR count). The molecule has 34 heavy (non-hydrogen) atoms. The number of fused-ring (bicyclic) bond motifs is 1. The van der Waals surface area contributed by atoms with Gasteiger partial charge in [0.1, 0.15) is 12.3 Å². The van der Waals surface area contributed by atoms with Crippen molar-refractivity contribution in [1.82, 2.24) is 14.5 Å². The van der Waals surface area contributed by atoms with E-state index in [-0.39, 0.29) is 0 Å². The van der Waals surface area contributed by atoms with Gasteiger partial charge in [0.05, 0.1) is 19.3 Å². The number of nitrogens with zero attached hydrogens (tertiary/aromatic N) is 5.